The van der Waals surface area contributed by atoms with Gasteiger partial charge in [0.1, 0.15) is 0 Å². The van der Waals surface area contributed by atoms with Gasteiger partial charge in [-0.3, -0.25) is 19.0 Å². The van der Waals surface area contributed by atoms with Crippen LogP contribution in [0.25, 0.3) is 10.8 Å². The molecule has 0 unspecified atom stereocenters. The fraction of sp³-hybridized carbons (Fsp3) is 0.200. The molecule has 2 aromatic rings. The van der Waals surface area contributed by atoms with Crippen LogP contribution in [0.2, 0.25) is 0 Å². The summed E-state index contributed by atoms with van der Waals surface area (Å²) in [6.45, 7) is -0.137. The van der Waals surface area contributed by atoms with E-state index >= 15 is 0 Å². The molecule has 8 nitrogen and oxygen atoms in total. The molecule has 1 heterocycles. The Morgan fingerprint density at radius 1 is 0.958 bits per heavy atom. The third-order valence-electron chi connectivity index (χ3n) is 3.83. The number of nitrogen functional groups attached to an aromatic ring is 2. The van der Waals surface area contributed by atoms with Crippen LogP contribution < -0.4 is 11.5 Å². The minimum Gasteiger partial charge on any atom is -0.399 e. The van der Waals surface area contributed by atoms with E-state index in [1.165, 1.54) is 12.1 Å². The molecule has 126 valence electrons. The Morgan fingerprint density at radius 2 is 1.46 bits per heavy atom. The highest BCUT2D eigenvalue weighted by Gasteiger charge is 2.33. The summed E-state index contributed by atoms with van der Waals surface area (Å²) < 4.78 is 30.4. The molecule has 0 aliphatic carbocycles. The SMILES string of the molecule is Nc1cc2c3c(cc(N)cc3c1)C(=O)N(CCCS(=O)(=O)O)C2=O. The smallest absolute Gasteiger partial charge is 0.264 e. The van der Waals surface area contributed by atoms with E-state index in [9.17, 15) is 18.0 Å². The van der Waals surface area contributed by atoms with Gasteiger partial charge in [-0.1, -0.05) is 0 Å². The number of hydrogen-bond acceptors (Lipinski definition) is 6. The van der Waals surface area contributed by atoms with Gasteiger partial charge in [-0.15, -0.1) is 0 Å². The monoisotopic (exact) mass is 349 g/mol. The van der Waals surface area contributed by atoms with Crippen LogP contribution in [-0.2, 0) is 10.1 Å². The van der Waals surface area contributed by atoms with E-state index in [0.717, 1.165) is 4.90 Å². The Hall–Kier alpha value is -2.65. The third kappa shape index (κ3) is 2.79. The van der Waals surface area contributed by atoms with Crippen molar-refractivity contribution in [3.63, 3.8) is 0 Å². The van der Waals surface area contributed by atoms with E-state index in [1.807, 2.05) is 0 Å². The van der Waals surface area contributed by atoms with Crippen LogP contribution in [0.15, 0.2) is 24.3 Å². The lowest BCUT2D eigenvalue weighted by molar-refractivity contribution is 0.0610. The molecule has 1 aliphatic heterocycles. The van der Waals surface area contributed by atoms with Crippen LogP contribution in [-0.4, -0.2) is 42.0 Å². The van der Waals surface area contributed by atoms with Crippen LogP contribution in [0, 0.1) is 0 Å². The van der Waals surface area contributed by atoms with E-state index < -0.39 is 27.7 Å². The normalized spacial score (nSPS) is 14.5. The van der Waals surface area contributed by atoms with Crippen LogP contribution >= 0.6 is 0 Å². The van der Waals surface area contributed by atoms with E-state index in [2.05, 4.69) is 0 Å². The number of amides is 2. The first-order valence-electron chi connectivity index (χ1n) is 7.11. The van der Waals surface area contributed by atoms with Crippen molar-refractivity contribution in [1.29, 1.82) is 0 Å². The van der Waals surface area contributed by atoms with Gasteiger partial charge in [0.25, 0.3) is 21.9 Å². The van der Waals surface area contributed by atoms with Crippen LogP contribution in [0.5, 0.6) is 0 Å². The Labute approximate surface area is 137 Å². The second kappa shape index (κ2) is 5.46. The quantitative estimate of drug-likeness (QED) is 0.422. The molecule has 0 saturated heterocycles. The van der Waals surface area contributed by atoms with Crippen molar-refractivity contribution >= 4 is 44.1 Å². The van der Waals surface area contributed by atoms with Gasteiger partial charge in [0.15, 0.2) is 0 Å². The van der Waals surface area contributed by atoms with Gasteiger partial charge in [-0.25, -0.2) is 0 Å². The Morgan fingerprint density at radius 3 is 1.92 bits per heavy atom. The number of hydrogen-bond donors (Lipinski definition) is 3. The van der Waals surface area contributed by atoms with Crippen LogP contribution in [0.1, 0.15) is 27.1 Å². The average molecular weight is 349 g/mol. The lowest BCUT2D eigenvalue weighted by Gasteiger charge is -2.27. The van der Waals surface area contributed by atoms with Gasteiger partial charge in [-0.2, -0.15) is 8.42 Å². The van der Waals surface area contributed by atoms with Crippen LogP contribution in [0.3, 0.4) is 0 Å². The van der Waals surface area contributed by atoms with Crippen molar-refractivity contribution in [1.82, 2.24) is 4.90 Å². The van der Waals surface area contributed by atoms with E-state index in [4.69, 9.17) is 16.0 Å². The first-order valence-corrected chi connectivity index (χ1v) is 8.72. The number of nitrogens with zero attached hydrogens (tertiary/aromatic N) is 1. The summed E-state index contributed by atoms with van der Waals surface area (Å²) in [7, 11) is -4.16. The van der Waals surface area contributed by atoms with Crippen molar-refractivity contribution in [3.05, 3.63) is 35.4 Å². The fourth-order valence-corrected chi connectivity index (χ4v) is 3.38. The zero-order valence-electron chi connectivity index (χ0n) is 12.5. The number of imide groups is 1. The number of carbonyl (C=O) groups excluding carboxylic acids is 2. The third-order valence-corrected chi connectivity index (χ3v) is 4.63. The summed E-state index contributed by atoms with van der Waals surface area (Å²) in [4.78, 5) is 26.2. The lowest BCUT2D eigenvalue weighted by Crippen LogP contribution is -2.41. The molecule has 0 bridgehead atoms. The molecular formula is C15H15N3O5S. The summed E-state index contributed by atoms with van der Waals surface area (Å²) in [6, 6.07) is 6.22. The van der Waals surface area contributed by atoms with Crippen molar-refractivity contribution in [2.75, 3.05) is 23.8 Å². The molecule has 1 aliphatic rings. The molecule has 3 rings (SSSR count). The maximum Gasteiger partial charge on any atom is 0.264 e. The van der Waals surface area contributed by atoms with Crippen LogP contribution in [0.4, 0.5) is 11.4 Å². The van der Waals surface area contributed by atoms with Crippen molar-refractivity contribution in [2.45, 2.75) is 6.42 Å². The minimum atomic E-state index is -4.16. The second-order valence-corrected chi connectivity index (χ2v) is 7.21. The topological polar surface area (TPSA) is 144 Å². The molecule has 0 radical (unpaired) electrons. The molecule has 2 amide bonds. The molecule has 9 heteroatoms. The van der Waals surface area contributed by atoms with Gasteiger partial charge in [-0.05, 0) is 36.1 Å². The molecule has 0 fully saturated rings. The predicted molar refractivity (Wildman–Crippen MR) is 89.2 cm³/mol. The highest BCUT2D eigenvalue weighted by atomic mass is 32.2. The van der Waals surface area contributed by atoms with Gasteiger partial charge >= 0.3 is 0 Å². The van der Waals surface area contributed by atoms with Crippen molar-refractivity contribution in [3.8, 4) is 0 Å². The summed E-state index contributed by atoms with van der Waals surface area (Å²) in [6.07, 6.45) is -0.0700. The number of carbonyl (C=O) groups is 2. The molecule has 5 N–H and O–H groups in total. The van der Waals surface area contributed by atoms with Crippen molar-refractivity contribution in [2.24, 2.45) is 0 Å². The summed E-state index contributed by atoms with van der Waals surface area (Å²) in [5, 5.41) is 1.08. The maximum atomic E-state index is 12.6. The molecule has 0 atom stereocenters. The van der Waals surface area contributed by atoms with E-state index in [1.54, 1.807) is 12.1 Å². The molecule has 0 aromatic heterocycles. The minimum absolute atomic E-state index is 0.0700. The van der Waals surface area contributed by atoms with Gasteiger partial charge < -0.3 is 11.5 Å². The van der Waals surface area contributed by atoms with E-state index in [0.29, 0.717) is 22.1 Å². The summed E-state index contributed by atoms with van der Waals surface area (Å²) in [5.41, 5.74) is 12.9. The first-order chi connectivity index (χ1) is 11.2. The summed E-state index contributed by atoms with van der Waals surface area (Å²) >= 11 is 0. The fourth-order valence-electron chi connectivity index (χ4n) is 2.89. The molecule has 0 spiro atoms. The number of anilines is 2. The maximum absolute atomic E-state index is 12.6. The Bertz CT molecular complexity index is 928. The van der Waals surface area contributed by atoms with Gasteiger partial charge in [0.05, 0.1) is 16.9 Å². The molecule has 24 heavy (non-hydrogen) atoms. The number of rotatable bonds is 4. The van der Waals surface area contributed by atoms with Gasteiger partial charge in [0, 0.05) is 23.3 Å². The second-order valence-electron chi connectivity index (χ2n) is 5.64. The molecule has 2 aromatic carbocycles. The number of nitrogens with two attached hydrogens (primary N) is 2. The molecular weight excluding hydrogens is 334 g/mol. The Balaban J connectivity index is 2.06. The molecule has 0 saturated carbocycles. The predicted octanol–water partition coefficient (Wildman–Crippen LogP) is 0.878. The van der Waals surface area contributed by atoms with E-state index in [-0.39, 0.29) is 24.1 Å². The summed E-state index contributed by atoms with van der Waals surface area (Å²) in [5.74, 6) is -1.64. The highest BCUT2D eigenvalue weighted by molar-refractivity contribution is 7.85. The largest absolute Gasteiger partial charge is 0.399 e. The number of benzene rings is 2. The first kappa shape index (κ1) is 16.2. The zero-order valence-corrected chi connectivity index (χ0v) is 13.3. The lowest BCUT2D eigenvalue weighted by atomic mass is 9.92. The Kier molecular flexibility index (Phi) is 3.69. The average Bonchev–Trinajstić information content (AvgIpc) is 2.46. The van der Waals surface area contributed by atoms with Crippen molar-refractivity contribution < 1.29 is 22.6 Å². The zero-order chi connectivity index (χ0) is 17.6. The standard InChI is InChI=1S/C15H15N3O5S/c16-9-4-8-5-10(17)7-12-13(8)11(6-9)14(19)18(15(12)20)2-1-3-24(21,22)23/h4-7H,1-3,16-17H2,(H,21,22,23). The highest BCUT2D eigenvalue weighted by Crippen LogP contribution is 2.33. The van der Waals surface area contributed by atoms with Gasteiger partial charge in [0.2, 0.25) is 0 Å².